The number of nitrogens with two attached hydrogens (primary N) is 1. The minimum atomic E-state index is -0.741. The number of hydrogen-bond donors (Lipinski definition) is 4. The molecule has 0 fully saturated rings. The molecule has 0 bridgehead atoms. The smallest absolute Gasteiger partial charge is 0.281 e. The summed E-state index contributed by atoms with van der Waals surface area (Å²) in [6, 6.07) is 7.26. The van der Waals surface area contributed by atoms with Crippen LogP contribution in [0.15, 0.2) is 30.3 Å². The molecule has 2 aromatic heterocycles. The van der Waals surface area contributed by atoms with Gasteiger partial charge in [0, 0.05) is 11.1 Å². The van der Waals surface area contributed by atoms with Crippen LogP contribution in [0, 0.1) is 19.7 Å². The highest BCUT2D eigenvalue weighted by Gasteiger charge is 2.19. The molecule has 0 saturated heterocycles. The molecule has 0 aliphatic rings. The highest BCUT2D eigenvalue weighted by atomic mass is 32.1. The number of carbonyl (C=O) groups is 3. The van der Waals surface area contributed by atoms with Crippen molar-refractivity contribution >= 4 is 45.0 Å². The van der Waals surface area contributed by atoms with Gasteiger partial charge in [-0.3, -0.25) is 25.2 Å². The van der Waals surface area contributed by atoms with Crippen LogP contribution in [-0.2, 0) is 4.79 Å². The SMILES string of the molecule is Cc1cc(C)c2c(N)c(C(=O)NNC(=O)CNC(=O)c3ccccc3F)sc2n1. The number of thiophene rings is 1. The normalized spacial score (nSPS) is 10.6. The van der Waals surface area contributed by atoms with Crippen LogP contribution in [0.25, 0.3) is 10.2 Å². The predicted molar refractivity (Wildman–Crippen MR) is 108 cm³/mol. The predicted octanol–water partition coefficient (Wildman–Crippen LogP) is 1.83. The van der Waals surface area contributed by atoms with E-state index in [0.717, 1.165) is 28.7 Å². The van der Waals surface area contributed by atoms with Crippen molar-refractivity contribution in [3.63, 3.8) is 0 Å². The van der Waals surface area contributed by atoms with Gasteiger partial charge in [0.2, 0.25) is 0 Å². The summed E-state index contributed by atoms with van der Waals surface area (Å²) in [5.74, 6) is -2.72. The van der Waals surface area contributed by atoms with Crippen molar-refractivity contribution < 1.29 is 18.8 Å². The average molecular weight is 415 g/mol. The fourth-order valence-corrected chi connectivity index (χ4v) is 3.88. The molecule has 0 aliphatic heterocycles. The topological polar surface area (TPSA) is 126 Å². The first-order valence-corrected chi connectivity index (χ1v) is 9.37. The number of hydrazine groups is 1. The number of fused-ring (bicyclic) bond motifs is 1. The van der Waals surface area contributed by atoms with Crippen LogP contribution >= 0.6 is 11.3 Å². The molecule has 0 aliphatic carbocycles. The minimum Gasteiger partial charge on any atom is -0.397 e. The molecule has 0 saturated carbocycles. The lowest BCUT2D eigenvalue weighted by molar-refractivity contribution is -0.120. The van der Waals surface area contributed by atoms with Gasteiger partial charge in [0.25, 0.3) is 17.7 Å². The number of aryl methyl sites for hydroxylation is 2. The molecule has 29 heavy (non-hydrogen) atoms. The zero-order chi connectivity index (χ0) is 21.1. The van der Waals surface area contributed by atoms with Gasteiger partial charge < -0.3 is 11.1 Å². The van der Waals surface area contributed by atoms with E-state index in [1.165, 1.54) is 18.2 Å². The van der Waals surface area contributed by atoms with Crippen LogP contribution in [0.5, 0.6) is 0 Å². The van der Waals surface area contributed by atoms with Gasteiger partial charge in [-0.15, -0.1) is 11.3 Å². The van der Waals surface area contributed by atoms with Crippen LogP contribution in [0.1, 0.15) is 31.3 Å². The zero-order valence-electron chi connectivity index (χ0n) is 15.6. The Morgan fingerprint density at radius 3 is 2.59 bits per heavy atom. The summed E-state index contributed by atoms with van der Waals surface area (Å²) in [5.41, 5.74) is 12.3. The van der Waals surface area contributed by atoms with Gasteiger partial charge in [-0.1, -0.05) is 12.1 Å². The van der Waals surface area contributed by atoms with E-state index < -0.39 is 30.1 Å². The maximum absolute atomic E-state index is 13.6. The average Bonchev–Trinajstić information content (AvgIpc) is 3.01. The van der Waals surface area contributed by atoms with Crippen LogP contribution < -0.4 is 21.9 Å². The first-order valence-electron chi connectivity index (χ1n) is 8.56. The lowest BCUT2D eigenvalue weighted by Crippen LogP contribution is -2.46. The summed E-state index contributed by atoms with van der Waals surface area (Å²) in [5, 5.41) is 2.98. The molecule has 5 N–H and O–H groups in total. The van der Waals surface area contributed by atoms with E-state index in [-0.39, 0.29) is 16.1 Å². The number of nitrogens with one attached hydrogen (secondary N) is 3. The second-order valence-electron chi connectivity index (χ2n) is 6.27. The van der Waals surface area contributed by atoms with E-state index in [1.54, 1.807) is 0 Å². The number of nitrogen functional groups attached to an aromatic ring is 1. The third-order valence-electron chi connectivity index (χ3n) is 4.07. The summed E-state index contributed by atoms with van der Waals surface area (Å²) in [6.45, 7) is 3.27. The third-order valence-corrected chi connectivity index (χ3v) is 5.17. The Morgan fingerprint density at radius 1 is 1.14 bits per heavy atom. The van der Waals surface area contributed by atoms with Crippen LogP contribution in [-0.4, -0.2) is 29.3 Å². The van der Waals surface area contributed by atoms with Crippen molar-refractivity contribution in [2.75, 3.05) is 12.3 Å². The van der Waals surface area contributed by atoms with Gasteiger partial charge in [-0.25, -0.2) is 9.37 Å². The van der Waals surface area contributed by atoms with E-state index in [1.807, 2.05) is 19.9 Å². The molecular formula is C19H18FN5O3S. The highest BCUT2D eigenvalue weighted by molar-refractivity contribution is 7.21. The van der Waals surface area contributed by atoms with E-state index in [9.17, 15) is 18.8 Å². The van der Waals surface area contributed by atoms with Gasteiger partial charge in [0.05, 0.1) is 17.8 Å². The largest absolute Gasteiger partial charge is 0.397 e. The molecule has 1 aromatic carbocycles. The molecule has 0 radical (unpaired) electrons. The fraction of sp³-hybridized carbons (Fsp3) is 0.158. The van der Waals surface area contributed by atoms with Gasteiger partial charge in [-0.2, -0.15) is 0 Å². The summed E-state index contributed by atoms with van der Waals surface area (Å²) in [7, 11) is 0. The number of anilines is 1. The number of aromatic nitrogens is 1. The summed E-state index contributed by atoms with van der Waals surface area (Å²) < 4.78 is 13.6. The van der Waals surface area contributed by atoms with Crippen molar-refractivity contribution in [2.24, 2.45) is 0 Å². The first-order chi connectivity index (χ1) is 13.8. The molecule has 10 heteroatoms. The quantitative estimate of drug-likeness (QED) is 0.484. The maximum atomic E-state index is 13.6. The van der Waals surface area contributed by atoms with Crippen molar-refractivity contribution in [2.45, 2.75) is 13.8 Å². The van der Waals surface area contributed by atoms with E-state index >= 15 is 0 Å². The number of hydrogen-bond acceptors (Lipinski definition) is 6. The summed E-state index contributed by atoms with van der Waals surface area (Å²) in [4.78, 5) is 41.4. The third kappa shape index (κ3) is 4.32. The molecular weight excluding hydrogens is 397 g/mol. The Kier molecular flexibility index (Phi) is 5.74. The number of rotatable bonds is 4. The van der Waals surface area contributed by atoms with E-state index in [2.05, 4.69) is 21.2 Å². The van der Waals surface area contributed by atoms with Crippen LogP contribution in [0.3, 0.4) is 0 Å². The molecule has 8 nitrogen and oxygen atoms in total. The number of nitrogens with zero attached hydrogens (tertiary/aromatic N) is 1. The zero-order valence-corrected chi connectivity index (χ0v) is 16.4. The van der Waals surface area contributed by atoms with Crippen LogP contribution in [0.4, 0.5) is 10.1 Å². The number of amides is 3. The number of pyridine rings is 1. The lowest BCUT2D eigenvalue weighted by atomic mass is 10.1. The molecule has 2 heterocycles. The monoisotopic (exact) mass is 415 g/mol. The van der Waals surface area contributed by atoms with Crippen molar-refractivity contribution in [1.82, 2.24) is 21.2 Å². The standard InChI is InChI=1S/C19H18FN5O3S/c1-9-7-10(2)23-19-14(9)15(21)16(29-19)18(28)25-24-13(26)8-22-17(27)11-5-3-4-6-12(11)20/h3-7H,8,21H2,1-2H3,(H,22,27)(H,24,26)(H,25,28). The van der Waals surface area contributed by atoms with Gasteiger partial charge in [-0.05, 0) is 37.6 Å². The molecule has 0 atom stereocenters. The molecule has 0 unspecified atom stereocenters. The number of halogens is 1. The Bertz CT molecular complexity index is 1130. The van der Waals surface area contributed by atoms with Crippen LogP contribution in [0.2, 0.25) is 0 Å². The molecule has 150 valence electrons. The summed E-state index contributed by atoms with van der Waals surface area (Å²) in [6.07, 6.45) is 0. The number of benzene rings is 1. The minimum absolute atomic E-state index is 0.180. The van der Waals surface area contributed by atoms with E-state index in [0.29, 0.717) is 10.2 Å². The van der Waals surface area contributed by atoms with E-state index in [4.69, 9.17) is 5.73 Å². The van der Waals surface area contributed by atoms with Crippen molar-refractivity contribution in [3.05, 3.63) is 57.8 Å². The van der Waals surface area contributed by atoms with Gasteiger partial charge in [0.1, 0.15) is 15.5 Å². The Balaban J connectivity index is 1.59. The van der Waals surface area contributed by atoms with Gasteiger partial charge in [0.15, 0.2) is 0 Å². The Hall–Kier alpha value is -3.53. The lowest BCUT2D eigenvalue weighted by Gasteiger charge is -2.08. The first kappa shape index (κ1) is 20.2. The Labute approximate surface area is 169 Å². The second kappa shape index (κ2) is 8.23. The molecule has 3 rings (SSSR count). The molecule has 0 spiro atoms. The summed E-state index contributed by atoms with van der Waals surface area (Å²) >= 11 is 1.12. The van der Waals surface area contributed by atoms with Crippen molar-refractivity contribution in [3.8, 4) is 0 Å². The van der Waals surface area contributed by atoms with Crippen molar-refractivity contribution in [1.29, 1.82) is 0 Å². The maximum Gasteiger partial charge on any atom is 0.281 e. The van der Waals surface area contributed by atoms with Gasteiger partial charge >= 0.3 is 0 Å². The molecule has 3 amide bonds. The molecule has 3 aromatic rings. The highest BCUT2D eigenvalue weighted by Crippen LogP contribution is 2.34. The number of carbonyl (C=O) groups excluding carboxylic acids is 3. The Morgan fingerprint density at radius 2 is 1.86 bits per heavy atom. The second-order valence-corrected chi connectivity index (χ2v) is 7.27. The fourth-order valence-electron chi connectivity index (χ4n) is 2.77.